The predicted molar refractivity (Wildman–Crippen MR) is 246 cm³/mol. The molecule has 0 spiro atoms. The molecule has 0 bridgehead atoms. The number of nitrogens with zero attached hydrogens (tertiary/aromatic N) is 2. The van der Waals surface area contributed by atoms with Crippen LogP contribution in [0.5, 0.6) is 0 Å². The zero-order chi connectivity index (χ0) is 43.5. The molecule has 4 rings (SSSR count). The van der Waals surface area contributed by atoms with E-state index < -0.39 is 0 Å². The van der Waals surface area contributed by atoms with Crippen LogP contribution in [-0.2, 0) is 28.7 Å². The van der Waals surface area contributed by atoms with E-state index in [4.69, 9.17) is 19.1 Å². The summed E-state index contributed by atoms with van der Waals surface area (Å²) in [5, 5.41) is 4.56. The molecule has 0 amide bonds. The highest BCUT2D eigenvalue weighted by Gasteiger charge is 2.50. The van der Waals surface area contributed by atoms with E-state index in [9.17, 15) is 9.59 Å². The highest BCUT2D eigenvalue weighted by molar-refractivity contribution is 5.70. The van der Waals surface area contributed by atoms with Crippen molar-refractivity contribution >= 4 is 11.9 Å². The molecular weight excluding hydrogens is 749 g/mol. The van der Waals surface area contributed by atoms with Crippen LogP contribution in [0.15, 0.2) is 0 Å². The fourth-order valence-electron chi connectivity index (χ4n) is 11.6. The molecule has 2 aliphatic heterocycles. The zero-order valence-electron chi connectivity index (χ0n) is 40.7. The molecule has 350 valence electrons. The molecule has 0 aromatic rings. The molecule has 8 heteroatoms. The van der Waals surface area contributed by atoms with Gasteiger partial charge in [0.25, 0.3) is 0 Å². The smallest absolute Gasteiger partial charge is 0.306 e. The van der Waals surface area contributed by atoms with E-state index in [0.29, 0.717) is 12.8 Å². The van der Waals surface area contributed by atoms with Crippen molar-refractivity contribution in [3.05, 3.63) is 0 Å². The van der Waals surface area contributed by atoms with Gasteiger partial charge in [-0.25, -0.2) is 0 Å². The maximum Gasteiger partial charge on any atom is 0.306 e. The highest BCUT2D eigenvalue weighted by Crippen LogP contribution is 2.43. The van der Waals surface area contributed by atoms with Crippen LogP contribution in [0.2, 0.25) is 0 Å². The molecule has 0 N–H and O–H groups in total. The second kappa shape index (κ2) is 25.9. The lowest BCUT2D eigenvalue weighted by Crippen LogP contribution is -2.62. The lowest BCUT2D eigenvalue weighted by molar-refractivity contribution is -0.316. The summed E-state index contributed by atoms with van der Waals surface area (Å²) in [5.74, 6) is -0.133. The average molecular weight is 845 g/mol. The van der Waals surface area contributed by atoms with Crippen LogP contribution in [0.3, 0.4) is 0 Å². The highest BCUT2D eigenvalue weighted by atomic mass is 16.7. The maximum absolute atomic E-state index is 13.0. The van der Waals surface area contributed by atoms with E-state index >= 15 is 0 Å². The first-order valence-corrected chi connectivity index (χ1v) is 25.9. The quantitative estimate of drug-likeness (QED) is 0.119. The van der Waals surface area contributed by atoms with Crippen molar-refractivity contribution in [3.63, 3.8) is 0 Å². The van der Waals surface area contributed by atoms with Gasteiger partial charge in [-0.1, -0.05) is 141 Å². The number of carbonyl (C=O) groups is 2. The second-order valence-electron chi connectivity index (χ2n) is 22.5. The van der Waals surface area contributed by atoms with Gasteiger partial charge in [0.15, 0.2) is 0 Å². The SMILES string of the molecule is CC1(C)CC(OC(=O)CCCCCCCCC(=O)OC2CC(C)(C)N(OC3CCCCCCCCCCC3)C(C)(C)C2)CC(C)(C)N1OC1CCCCCCCCCCC1. The Morgan fingerprint density at radius 3 is 0.867 bits per heavy atom. The van der Waals surface area contributed by atoms with E-state index in [1.807, 2.05) is 0 Å². The molecule has 2 heterocycles. The molecule has 0 aromatic heterocycles. The van der Waals surface area contributed by atoms with Gasteiger partial charge in [-0.2, -0.15) is 10.1 Å². The van der Waals surface area contributed by atoms with Crippen molar-refractivity contribution in [1.29, 1.82) is 0 Å². The summed E-state index contributed by atoms with van der Waals surface area (Å²) in [7, 11) is 0. The van der Waals surface area contributed by atoms with Gasteiger partial charge < -0.3 is 9.47 Å². The number of ether oxygens (including phenoxy) is 2. The Kier molecular flexibility index (Phi) is 22.2. The van der Waals surface area contributed by atoms with Crippen LogP contribution < -0.4 is 0 Å². The Labute approximate surface area is 370 Å². The summed E-state index contributed by atoms with van der Waals surface area (Å²) in [6.45, 7) is 18.1. The minimum Gasteiger partial charge on any atom is -0.462 e. The Morgan fingerprint density at radius 2 is 0.600 bits per heavy atom. The number of hydrogen-bond donors (Lipinski definition) is 0. The van der Waals surface area contributed by atoms with Crippen molar-refractivity contribution in [2.45, 2.75) is 320 Å². The van der Waals surface area contributed by atoms with E-state index in [-0.39, 0.29) is 58.5 Å². The molecule has 2 aliphatic carbocycles. The van der Waals surface area contributed by atoms with Gasteiger partial charge >= 0.3 is 11.9 Å². The van der Waals surface area contributed by atoms with Crippen molar-refractivity contribution < 1.29 is 28.7 Å². The van der Waals surface area contributed by atoms with Gasteiger partial charge in [0.2, 0.25) is 0 Å². The van der Waals surface area contributed by atoms with Crippen LogP contribution in [0.25, 0.3) is 0 Å². The van der Waals surface area contributed by atoms with Crippen molar-refractivity contribution in [2.24, 2.45) is 0 Å². The van der Waals surface area contributed by atoms with Crippen LogP contribution in [0.4, 0.5) is 0 Å². The number of esters is 2. The van der Waals surface area contributed by atoms with Gasteiger partial charge in [-0.15, -0.1) is 0 Å². The molecule has 60 heavy (non-hydrogen) atoms. The van der Waals surface area contributed by atoms with Gasteiger partial charge in [-0.3, -0.25) is 19.3 Å². The Morgan fingerprint density at radius 1 is 0.367 bits per heavy atom. The van der Waals surface area contributed by atoms with E-state index in [1.54, 1.807) is 0 Å². The first-order valence-electron chi connectivity index (χ1n) is 25.9. The molecule has 2 saturated carbocycles. The Hall–Kier alpha value is -1.22. The first-order chi connectivity index (χ1) is 28.6. The summed E-state index contributed by atoms with van der Waals surface area (Å²) < 4.78 is 12.3. The minimum absolute atomic E-state index is 0.0666. The Balaban J connectivity index is 1.08. The van der Waals surface area contributed by atoms with Crippen LogP contribution >= 0.6 is 0 Å². The predicted octanol–water partition coefficient (Wildman–Crippen LogP) is 14.4. The van der Waals surface area contributed by atoms with Gasteiger partial charge in [-0.05, 0) is 93.9 Å². The monoisotopic (exact) mass is 845 g/mol. The molecule has 0 radical (unpaired) electrons. The standard InChI is InChI=1S/C52H96N2O6/c1-49(2)39-45(40-50(3,4)53(49)59-43-33-27-21-15-11-9-12-16-22-28-34-43)57-47(55)37-31-25-19-20-26-32-38-48(56)58-46-41-51(5,6)54(52(7,8)42-46)60-44-35-29-23-17-13-10-14-18-24-30-36-44/h43-46H,9-42H2,1-8H3. The molecular formula is C52H96N2O6. The normalized spacial score (nSPS) is 25.5. The van der Waals surface area contributed by atoms with Crippen molar-refractivity contribution in [3.8, 4) is 0 Å². The molecule has 8 nitrogen and oxygen atoms in total. The number of hydroxylamine groups is 4. The van der Waals surface area contributed by atoms with Crippen molar-refractivity contribution in [1.82, 2.24) is 10.1 Å². The third-order valence-electron chi connectivity index (χ3n) is 14.3. The van der Waals surface area contributed by atoms with Gasteiger partial charge in [0.05, 0.1) is 12.2 Å². The van der Waals surface area contributed by atoms with Gasteiger partial charge in [0, 0.05) is 60.7 Å². The van der Waals surface area contributed by atoms with E-state index in [1.165, 1.54) is 116 Å². The third-order valence-corrected chi connectivity index (χ3v) is 14.3. The fraction of sp³-hybridized carbons (Fsp3) is 0.962. The molecule has 2 saturated heterocycles. The summed E-state index contributed by atoms with van der Waals surface area (Å²) in [6.07, 6.45) is 38.9. The summed E-state index contributed by atoms with van der Waals surface area (Å²) >= 11 is 0. The van der Waals surface area contributed by atoms with E-state index in [0.717, 1.165) is 89.9 Å². The molecule has 0 atom stereocenters. The number of unbranched alkanes of at least 4 members (excludes halogenated alkanes) is 5. The minimum atomic E-state index is -0.214. The zero-order valence-corrected chi connectivity index (χ0v) is 40.7. The summed E-state index contributed by atoms with van der Waals surface area (Å²) in [5.41, 5.74) is -0.856. The molecule has 0 unspecified atom stereocenters. The average Bonchev–Trinajstić information content (AvgIpc) is 3.13. The number of carbonyl (C=O) groups excluding carboxylic acids is 2. The number of rotatable bonds is 15. The molecule has 4 aliphatic rings. The van der Waals surface area contributed by atoms with Crippen molar-refractivity contribution in [2.75, 3.05) is 0 Å². The second-order valence-corrected chi connectivity index (χ2v) is 22.5. The summed E-state index contributed by atoms with van der Waals surface area (Å²) in [6, 6.07) is 0. The number of hydrogen-bond acceptors (Lipinski definition) is 8. The van der Waals surface area contributed by atoms with E-state index in [2.05, 4.69) is 65.5 Å². The maximum atomic E-state index is 13.0. The third kappa shape index (κ3) is 18.5. The molecule has 0 aromatic carbocycles. The van der Waals surface area contributed by atoms with Crippen LogP contribution in [0, 0.1) is 0 Å². The first kappa shape index (κ1) is 51.4. The van der Waals surface area contributed by atoms with Crippen LogP contribution in [0.1, 0.15) is 274 Å². The number of piperidine rings is 2. The Bertz CT molecular complexity index is 1060. The van der Waals surface area contributed by atoms with Gasteiger partial charge in [0.1, 0.15) is 12.2 Å². The topological polar surface area (TPSA) is 77.5 Å². The molecule has 4 fully saturated rings. The lowest BCUT2D eigenvalue weighted by atomic mass is 9.80. The lowest BCUT2D eigenvalue weighted by Gasteiger charge is -2.54. The fourth-order valence-corrected chi connectivity index (χ4v) is 11.6. The summed E-state index contributed by atoms with van der Waals surface area (Å²) in [4.78, 5) is 39.8. The largest absolute Gasteiger partial charge is 0.462 e. The van der Waals surface area contributed by atoms with Crippen LogP contribution in [-0.4, -0.2) is 68.6 Å².